The lowest BCUT2D eigenvalue weighted by atomic mass is 9.92. The zero-order valence-electron chi connectivity index (χ0n) is 17.4. The molecule has 158 valence electrons. The Labute approximate surface area is 180 Å². The molecule has 0 radical (unpaired) electrons. The summed E-state index contributed by atoms with van der Waals surface area (Å²) >= 11 is 1.20. The van der Waals surface area contributed by atoms with Crippen LogP contribution in [0.4, 0.5) is 0 Å². The fraction of sp³-hybridized carbons (Fsp3) is 0.381. The number of rotatable bonds is 7. The number of carbonyl (C=O) groups excluding carboxylic acids is 1. The molecule has 9 heteroatoms. The SMILES string of the molecule is CCCC1=C(C(=O)OCC)[C@@H](c2ccc(OC)c(OC)c2)N2C(=N1)SC(C#N)=C2N. The second-order valence-corrected chi connectivity index (χ2v) is 7.52. The molecule has 0 spiro atoms. The van der Waals surface area contributed by atoms with Gasteiger partial charge in [-0.1, -0.05) is 19.4 Å². The Hall–Kier alpha value is -3.12. The maximum Gasteiger partial charge on any atom is 0.338 e. The summed E-state index contributed by atoms with van der Waals surface area (Å²) in [5.74, 6) is 0.901. The summed E-state index contributed by atoms with van der Waals surface area (Å²) in [5.41, 5.74) is 8.11. The summed E-state index contributed by atoms with van der Waals surface area (Å²) in [6, 6.07) is 6.94. The summed E-state index contributed by atoms with van der Waals surface area (Å²) in [5, 5.41) is 10.1. The highest BCUT2D eigenvalue weighted by Gasteiger charge is 2.43. The topological polar surface area (TPSA) is 110 Å². The number of carbonyl (C=O) groups is 1. The van der Waals surface area contributed by atoms with E-state index in [0.29, 0.717) is 39.3 Å². The minimum Gasteiger partial charge on any atom is -0.493 e. The number of methoxy groups -OCH3 is 2. The van der Waals surface area contributed by atoms with Crippen molar-refractivity contribution in [2.45, 2.75) is 32.7 Å². The van der Waals surface area contributed by atoms with Gasteiger partial charge in [-0.25, -0.2) is 9.79 Å². The van der Waals surface area contributed by atoms with Crippen molar-refractivity contribution in [1.29, 1.82) is 5.26 Å². The van der Waals surface area contributed by atoms with Crippen molar-refractivity contribution in [2.75, 3.05) is 20.8 Å². The average molecular weight is 429 g/mol. The van der Waals surface area contributed by atoms with Gasteiger partial charge in [-0.2, -0.15) is 5.26 Å². The molecule has 1 atom stereocenters. The first-order valence-electron chi connectivity index (χ1n) is 9.58. The van der Waals surface area contributed by atoms with Crippen molar-refractivity contribution >= 4 is 22.9 Å². The predicted octanol–water partition coefficient (Wildman–Crippen LogP) is 3.43. The van der Waals surface area contributed by atoms with E-state index >= 15 is 0 Å². The van der Waals surface area contributed by atoms with Gasteiger partial charge in [-0.3, -0.25) is 4.90 Å². The number of amidine groups is 1. The highest BCUT2D eigenvalue weighted by molar-refractivity contribution is 8.17. The number of aliphatic imine (C=N–C) groups is 1. The molecular weight excluding hydrogens is 404 g/mol. The van der Waals surface area contributed by atoms with Crippen LogP contribution in [0, 0.1) is 11.3 Å². The van der Waals surface area contributed by atoms with E-state index in [1.54, 1.807) is 38.2 Å². The Morgan fingerprint density at radius 3 is 2.63 bits per heavy atom. The minimum atomic E-state index is -0.601. The molecule has 1 aromatic carbocycles. The maximum absolute atomic E-state index is 13.0. The Kier molecular flexibility index (Phi) is 6.57. The first-order valence-corrected chi connectivity index (χ1v) is 10.4. The van der Waals surface area contributed by atoms with Crippen LogP contribution in [0.5, 0.6) is 11.5 Å². The molecule has 2 aliphatic heterocycles. The van der Waals surface area contributed by atoms with Crippen LogP contribution in [0.25, 0.3) is 0 Å². The van der Waals surface area contributed by atoms with E-state index in [9.17, 15) is 10.1 Å². The number of thioether (sulfide) groups is 1. The van der Waals surface area contributed by atoms with Gasteiger partial charge in [-0.15, -0.1) is 0 Å². The minimum absolute atomic E-state index is 0.237. The molecule has 2 N–H and O–H groups in total. The third kappa shape index (κ3) is 3.71. The molecule has 0 saturated heterocycles. The van der Waals surface area contributed by atoms with Gasteiger partial charge in [0.2, 0.25) is 0 Å². The van der Waals surface area contributed by atoms with E-state index in [-0.39, 0.29) is 12.4 Å². The number of nitrogens with zero attached hydrogens (tertiary/aromatic N) is 3. The molecule has 0 aliphatic carbocycles. The Balaban J connectivity index is 2.25. The van der Waals surface area contributed by atoms with E-state index in [2.05, 4.69) is 11.1 Å². The van der Waals surface area contributed by atoms with Crippen LogP contribution in [-0.4, -0.2) is 36.9 Å². The van der Waals surface area contributed by atoms with Gasteiger partial charge in [-0.05, 0) is 42.8 Å². The third-order valence-corrected chi connectivity index (χ3v) is 5.75. The number of fused-ring (bicyclic) bond motifs is 1. The van der Waals surface area contributed by atoms with Crippen LogP contribution in [0.2, 0.25) is 0 Å². The monoisotopic (exact) mass is 428 g/mol. The average Bonchev–Trinajstić information content (AvgIpc) is 3.07. The van der Waals surface area contributed by atoms with Gasteiger partial charge in [0.15, 0.2) is 16.7 Å². The van der Waals surface area contributed by atoms with Crippen molar-refractivity contribution in [3.05, 3.63) is 45.8 Å². The molecule has 2 aliphatic rings. The number of hydrogen-bond acceptors (Lipinski definition) is 9. The third-order valence-electron chi connectivity index (χ3n) is 4.77. The van der Waals surface area contributed by atoms with Crippen molar-refractivity contribution < 1.29 is 19.0 Å². The van der Waals surface area contributed by atoms with E-state index in [1.807, 2.05) is 13.0 Å². The number of hydrogen-bond donors (Lipinski definition) is 1. The van der Waals surface area contributed by atoms with Crippen molar-refractivity contribution in [1.82, 2.24) is 4.90 Å². The standard InChI is InChI=1S/C21H24N4O4S/c1-5-7-13-17(20(26)29-6-2)18(12-8-9-14(27-3)15(10-12)28-4)25-19(23)16(11-22)30-21(25)24-13/h8-10,18H,5-7,23H2,1-4H3/t18-/m1/s1. The first kappa shape index (κ1) is 21.6. The quantitative estimate of drug-likeness (QED) is 0.658. The van der Waals surface area contributed by atoms with Gasteiger partial charge in [0.1, 0.15) is 16.8 Å². The van der Waals surface area contributed by atoms with Gasteiger partial charge >= 0.3 is 5.97 Å². The largest absolute Gasteiger partial charge is 0.493 e. The lowest BCUT2D eigenvalue weighted by molar-refractivity contribution is -0.139. The summed E-state index contributed by atoms with van der Waals surface area (Å²) in [6.45, 7) is 4.01. The molecular formula is C21H24N4O4S. The number of nitrogens with two attached hydrogens (primary N) is 1. The molecule has 0 unspecified atom stereocenters. The molecule has 0 saturated carbocycles. The molecule has 8 nitrogen and oxygen atoms in total. The predicted molar refractivity (Wildman–Crippen MR) is 115 cm³/mol. The Morgan fingerprint density at radius 1 is 1.30 bits per heavy atom. The highest BCUT2D eigenvalue weighted by atomic mass is 32.2. The molecule has 0 aromatic heterocycles. The van der Waals surface area contributed by atoms with Gasteiger partial charge in [0.25, 0.3) is 0 Å². The molecule has 0 bridgehead atoms. The van der Waals surface area contributed by atoms with Crippen molar-refractivity contribution in [3.63, 3.8) is 0 Å². The zero-order chi connectivity index (χ0) is 21.8. The number of esters is 1. The van der Waals surface area contributed by atoms with Gasteiger partial charge < -0.3 is 19.9 Å². The number of allylic oxidation sites excluding steroid dienone is 2. The number of nitriles is 1. The van der Waals surface area contributed by atoms with Crippen LogP contribution >= 0.6 is 11.8 Å². The zero-order valence-corrected chi connectivity index (χ0v) is 18.2. The molecule has 2 heterocycles. The Bertz CT molecular complexity index is 993. The first-order chi connectivity index (χ1) is 14.5. The molecule has 3 rings (SSSR count). The molecule has 30 heavy (non-hydrogen) atoms. The summed E-state index contributed by atoms with van der Waals surface area (Å²) in [6.07, 6.45) is 1.39. The van der Waals surface area contributed by atoms with Crippen molar-refractivity contribution in [2.24, 2.45) is 10.7 Å². The summed E-state index contributed by atoms with van der Waals surface area (Å²) in [7, 11) is 3.11. The van der Waals surface area contributed by atoms with Crippen LogP contribution in [0.1, 0.15) is 38.3 Å². The summed E-state index contributed by atoms with van der Waals surface area (Å²) in [4.78, 5) is 19.8. The highest BCUT2D eigenvalue weighted by Crippen LogP contribution is 2.47. The lowest BCUT2D eigenvalue weighted by Crippen LogP contribution is -2.39. The van der Waals surface area contributed by atoms with E-state index < -0.39 is 12.0 Å². The van der Waals surface area contributed by atoms with Gasteiger partial charge in [0, 0.05) is 0 Å². The second-order valence-electron chi connectivity index (χ2n) is 6.54. The second kappa shape index (κ2) is 9.13. The number of ether oxygens (including phenoxy) is 3. The van der Waals surface area contributed by atoms with Crippen LogP contribution in [0.15, 0.2) is 45.2 Å². The van der Waals surface area contributed by atoms with Crippen LogP contribution < -0.4 is 15.2 Å². The van der Waals surface area contributed by atoms with Crippen molar-refractivity contribution in [3.8, 4) is 17.6 Å². The fourth-order valence-corrected chi connectivity index (χ4v) is 4.37. The number of benzene rings is 1. The van der Waals surface area contributed by atoms with E-state index in [1.165, 1.54) is 11.8 Å². The van der Waals surface area contributed by atoms with E-state index in [0.717, 1.165) is 12.0 Å². The van der Waals surface area contributed by atoms with E-state index in [4.69, 9.17) is 19.9 Å². The maximum atomic E-state index is 13.0. The van der Waals surface area contributed by atoms with Crippen LogP contribution in [0.3, 0.4) is 0 Å². The molecule has 0 fully saturated rings. The fourth-order valence-electron chi connectivity index (χ4n) is 3.48. The molecule has 0 amide bonds. The smallest absolute Gasteiger partial charge is 0.338 e. The Morgan fingerprint density at radius 2 is 2.03 bits per heavy atom. The lowest BCUT2D eigenvalue weighted by Gasteiger charge is -2.35. The van der Waals surface area contributed by atoms with Crippen LogP contribution in [-0.2, 0) is 9.53 Å². The molecule has 1 aromatic rings. The van der Waals surface area contributed by atoms with Gasteiger partial charge in [0.05, 0.1) is 38.1 Å². The summed E-state index contributed by atoms with van der Waals surface area (Å²) < 4.78 is 16.2. The normalized spacial score (nSPS) is 18.0.